The molecule has 0 aromatic heterocycles. The highest BCUT2D eigenvalue weighted by molar-refractivity contribution is 9.10. The molecular weight excluding hydrogens is 220 g/mol. The Morgan fingerprint density at radius 1 is 1.50 bits per heavy atom. The minimum atomic E-state index is -0.366. The van der Waals surface area contributed by atoms with Crippen LogP contribution in [0.2, 0.25) is 0 Å². The molecule has 12 heavy (non-hydrogen) atoms. The lowest BCUT2D eigenvalue weighted by molar-refractivity contribution is 0.470. The van der Waals surface area contributed by atoms with Crippen LogP contribution in [-0.2, 0) is 6.42 Å². The summed E-state index contributed by atoms with van der Waals surface area (Å²) in [6.07, 6.45) is 0.839. The molecule has 0 aliphatic rings. The first-order chi connectivity index (χ1) is 5.65. The minimum absolute atomic E-state index is 0.221. The maximum atomic E-state index is 11.1. The predicted molar refractivity (Wildman–Crippen MR) is 51.5 cm³/mol. The maximum absolute atomic E-state index is 11.1. The molecule has 1 aromatic rings. The second-order valence-corrected chi connectivity index (χ2v) is 3.32. The molecule has 0 heterocycles. The Morgan fingerprint density at radius 2 is 2.17 bits per heavy atom. The molecule has 0 aliphatic heterocycles. The van der Waals surface area contributed by atoms with E-state index in [1.165, 1.54) is 6.07 Å². The Balaban J connectivity index is 3.44. The second-order valence-electron chi connectivity index (χ2n) is 2.47. The van der Waals surface area contributed by atoms with Gasteiger partial charge in [-0.15, -0.1) is 0 Å². The van der Waals surface area contributed by atoms with Crippen LogP contribution in [0.3, 0.4) is 0 Å². The van der Waals surface area contributed by atoms with E-state index in [9.17, 15) is 4.79 Å². The molecular formula is C9H9BrO2. The van der Waals surface area contributed by atoms with E-state index < -0.39 is 0 Å². The zero-order valence-corrected chi connectivity index (χ0v) is 8.26. The van der Waals surface area contributed by atoms with Crippen molar-refractivity contribution in [3.05, 3.63) is 38.5 Å². The zero-order chi connectivity index (χ0) is 9.14. The number of halogens is 1. The van der Waals surface area contributed by atoms with Crippen molar-refractivity contribution in [1.29, 1.82) is 0 Å². The average Bonchev–Trinajstić information content (AvgIpc) is 2.19. The summed E-state index contributed by atoms with van der Waals surface area (Å²) in [5.74, 6) is -0.221. The van der Waals surface area contributed by atoms with E-state index in [4.69, 9.17) is 5.11 Å². The van der Waals surface area contributed by atoms with Gasteiger partial charge in [0.15, 0.2) is 5.75 Å². The molecule has 0 fully saturated rings. The lowest BCUT2D eigenvalue weighted by Crippen LogP contribution is -1.95. The van der Waals surface area contributed by atoms with Crippen LogP contribution in [0.1, 0.15) is 12.5 Å². The summed E-state index contributed by atoms with van der Waals surface area (Å²) in [5, 5.41) is 9.14. The van der Waals surface area contributed by atoms with Crippen LogP contribution in [0, 0.1) is 0 Å². The summed E-state index contributed by atoms with van der Waals surface area (Å²) in [4.78, 5) is 11.1. The van der Waals surface area contributed by atoms with Gasteiger partial charge in [-0.3, -0.25) is 4.79 Å². The van der Waals surface area contributed by atoms with Crippen molar-refractivity contribution in [2.75, 3.05) is 0 Å². The molecule has 1 rings (SSSR count). The van der Waals surface area contributed by atoms with Crippen LogP contribution >= 0.6 is 15.9 Å². The summed E-state index contributed by atoms with van der Waals surface area (Å²) in [5.41, 5.74) is 0.647. The number of hydrogen-bond donors (Lipinski definition) is 1. The Bertz CT molecular complexity index is 347. The van der Waals surface area contributed by atoms with Crippen LogP contribution in [0.25, 0.3) is 0 Å². The smallest absolute Gasteiger partial charge is 0.234 e. The highest BCUT2D eigenvalue weighted by Gasteiger charge is 1.99. The van der Waals surface area contributed by atoms with Crippen LogP contribution in [0.5, 0.6) is 5.75 Å². The molecule has 0 radical (unpaired) electrons. The predicted octanol–water partition coefficient (Wildman–Crippen LogP) is 2.08. The van der Waals surface area contributed by atoms with Gasteiger partial charge in [-0.1, -0.05) is 13.0 Å². The lowest BCUT2D eigenvalue weighted by Gasteiger charge is -1.86. The van der Waals surface area contributed by atoms with E-state index >= 15 is 0 Å². The van der Waals surface area contributed by atoms with Gasteiger partial charge in [-0.2, -0.15) is 0 Å². The largest absolute Gasteiger partial charge is 0.504 e. The summed E-state index contributed by atoms with van der Waals surface area (Å²) in [7, 11) is 0. The number of aryl methyl sites for hydroxylation is 1. The van der Waals surface area contributed by atoms with Crippen molar-refractivity contribution in [1.82, 2.24) is 0 Å². The van der Waals surface area contributed by atoms with Crippen molar-refractivity contribution in [2.24, 2.45) is 0 Å². The van der Waals surface area contributed by atoms with Crippen LogP contribution in [-0.4, -0.2) is 5.11 Å². The second kappa shape index (κ2) is 3.72. The van der Waals surface area contributed by atoms with E-state index in [-0.39, 0.29) is 11.2 Å². The highest BCUT2D eigenvalue weighted by Crippen LogP contribution is 2.10. The van der Waals surface area contributed by atoms with E-state index in [0.717, 1.165) is 12.0 Å². The molecule has 0 bridgehead atoms. The average molecular weight is 229 g/mol. The van der Waals surface area contributed by atoms with Crippen molar-refractivity contribution >= 4 is 15.9 Å². The molecule has 0 unspecified atom stereocenters. The standard InChI is InChI=1S/C9H9BrO2/c1-2-6-3-4-8(11)9(12)7(10)5-6/h3-5H,2H2,1H3,(H,11,12). The molecule has 0 aliphatic carbocycles. The number of rotatable bonds is 1. The third-order valence-corrected chi connectivity index (χ3v) is 2.21. The quantitative estimate of drug-likeness (QED) is 0.800. The summed E-state index contributed by atoms with van der Waals surface area (Å²) in [6, 6.07) is 4.88. The van der Waals surface area contributed by atoms with Crippen molar-refractivity contribution in [3.63, 3.8) is 0 Å². The lowest BCUT2D eigenvalue weighted by atomic mass is 10.2. The first kappa shape index (κ1) is 9.26. The van der Waals surface area contributed by atoms with Gasteiger partial charge in [0.05, 0.1) is 4.47 Å². The van der Waals surface area contributed by atoms with Crippen molar-refractivity contribution < 1.29 is 5.11 Å². The van der Waals surface area contributed by atoms with Crippen LogP contribution < -0.4 is 5.43 Å². The molecule has 0 spiro atoms. The number of hydrogen-bond acceptors (Lipinski definition) is 2. The molecule has 3 heteroatoms. The SMILES string of the molecule is CCc1ccc(O)c(=O)c(Br)c1. The van der Waals surface area contributed by atoms with Crippen molar-refractivity contribution in [3.8, 4) is 5.75 Å². The van der Waals surface area contributed by atoms with Crippen LogP contribution in [0.4, 0.5) is 0 Å². The third-order valence-electron chi connectivity index (χ3n) is 1.63. The molecule has 0 amide bonds. The van der Waals surface area contributed by atoms with Gasteiger partial charge in [0.2, 0.25) is 5.43 Å². The van der Waals surface area contributed by atoms with Gasteiger partial charge in [-0.05, 0) is 40.0 Å². The summed E-state index contributed by atoms with van der Waals surface area (Å²) < 4.78 is 0.404. The van der Waals surface area contributed by atoms with E-state index in [1.807, 2.05) is 6.92 Å². The Hall–Kier alpha value is -0.830. The highest BCUT2D eigenvalue weighted by atomic mass is 79.9. The first-order valence-electron chi connectivity index (χ1n) is 3.67. The van der Waals surface area contributed by atoms with Crippen molar-refractivity contribution in [2.45, 2.75) is 13.3 Å². The molecule has 2 nitrogen and oxygen atoms in total. The molecule has 1 N–H and O–H groups in total. The minimum Gasteiger partial charge on any atom is -0.504 e. The summed E-state index contributed by atoms with van der Waals surface area (Å²) >= 11 is 3.10. The fourth-order valence-corrected chi connectivity index (χ4v) is 1.38. The Morgan fingerprint density at radius 3 is 2.75 bits per heavy atom. The van der Waals surface area contributed by atoms with Gasteiger partial charge in [0.1, 0.15) is 0 Å². The normalized spacial score (nSPS) is 9.83. The topological polar surface area (TPSA) is 37.3 Å². The van der Waals surface area contributed by atoms with E-state index in [0.29, 0.717) is 4.47 Å². The molecule has 0 atom stereocenters. The maximum Gasteiger partial charge on any atom is 0.234 e. The molecule has 0 saturated carbocycles. The fraction of sp³-hybridized carbons (Fsp3) is 0.222. The van der Waals surface area contributed by atoms with Gasteiger partial charge in [0, 0.05) is 0 Å². The molecule has 0 saturated heterocycles. The Kier molecular flexibility index (Phi) is 2.87. The summed E-state index contributed by atoms with van der Waals surface area (Å²) in [6.45, 7) is 1.99. The van der Waals surface area contributed by atoms with Crippen LogP contribution in [0.15, 0.2) is 27.5 Å². The molecule has 64 valence electrons. The Labute approximate surface area is 79.0 Å². The monoisotopic (exact) mass is 228 g/mol. The van der Waals surface area contributed by atoms with E-state index in [1.54, 1.807) is 12.1 Å². The third kappa shape index (κ3) is 1.85. The zero-order valence-electron chi connectivity index (χ0n) is 6.67. The van der Waals surface area contributed by atoms with Gasteiger partial charge in [-0.25, -0.2) is 0 Å². The fourth-order valence-electron chi connectivity index (χ4n) is 0.880. The number of aromatic hydroxyl groups is 1. The van der Waals surface area contributed by atoms with Gasteiger partial charge in [0.25, 0.3) is 0 Å². The van der Waals surface area contributed by atoms with Gasteiger partial charge >= 0.3 is 0 Å². The van der Waals surface area contributed by atoms with Gasteiger partial charge < -0.3 is 5.11 Å². The molecule has 1 aromatic carbocycles. The van der Waals surface area contributed by atoms with E-state index in [2.05, 4.69) is 15.9 Å². The first-order valence-corrected chi connectivity index (χ1v) is 4.46.